The van der Waals surface area contributed by atoms with Crippen LogP contribution in [0.2, 0.25) is 10.0 Å². The lowest BCUT2D eigenvalue weighted by molar-refractivity contribution is 0.0746. The van der Waals surface area contributed by atoms with Gasteiger partial charge in [-0.25, -0.2) is 14.4 Å². The van der Waals surface area contributed by atoms with E-state index in [9.17, 15) is 9.18 Å². The largest absolute Gasteiger partial charge is 0.353 e. The fourth-order valence-corrected chi connectivity index (χ4v) is 4.84. The normalized spacial score (nSPS) is 13.6. The molecule has 0 spiro atoms. The number of rotatable bonds is 5. The van der Waals surface area contributed by atoms with Gasteiger partial charge in [-0.05, 0) is 42.8 Å². The molecule has 0 unspecified atom stereocenters. The van der Waals surface area contributed by atoms with Crippen molar-refractivity contribution in [1.29, 1.82) is 0 Å². The van der Waals surface area contributed by atoms with E-state index >= 15 is 0 Å². The van der Waals surface area contributed by atoms with Crippen LogP contribution in [0.1, 0.15) is 27.2 Å². The number of carbonyl (C=O) groups is 1. The minimum absolute atomic E-state index is 0.0814. The van der Waals surface area contributed by atoms with Crippen molar-refractivity contribution in [2.24, 2.45) is 0 Å². The summed E-state index contributed by atoms with van der Waals surface area (Å²) in [6.07, 6.45) is 0.674. The Bertz CT molecular complexity index is 1440. The zero-order chi connectivity index (χ0) is 25.9. The zero-order valence-corrected chi connectivity index (χ0v) is 21.8. The van der Waals surface area contributed by atoms with Crippen LogP contribution >= 0.6 is 23.2 Å². The third-order valence-corrected chi connectivity index (χ3v) is 7.27. The molecule has 1 saturated heterocycles. The van der Waals surface area contributed by atoms with E-state index in [1.165, 1.54) is 12.1 Å². The number of aryl methyl sites for hydroxylation is 1. The van der Waals surface area contributed by atoms with Crippen LogP contribution in [0.4, 0.5) is 10.2 Å². The summed E-state index contributed by atoms with van der Waals surface area (Å²) in [7, 11) is 0. The van der Waals surface area contributed by atoms with Crippen molar-refractivity contribution in [2.75, 3.05) is 31.1 Å². The molecule has 0 N–H and O–H groups in total. The Morgan fingerprint density at radius 3 is 2.35 bits per heavy atom. The molecule has 0 radical (unpaired) electrons. The number of benzene rings is 3. The maximum Gasteiger partial charge on any atom is 0.254 e. The molecule has 0 aliphatic carbocycles. The van der Waals surface area contributed by atoms with Crippen LogP contribution < -0.4 is 4.90 Å². The zero-order valence-electron chi connectivity index (χ0n) is 20.3. The summed E-state index contributed by atoms with van der Waals surface area (Å²) in [6.45, 7) is 4.24. The molecule has 1 aliphatic rings. The van der Waals surface area contributed by atoms with Crippen molar-refractivity contribution in [3.63, 3.8) is 0 Å². The highest BCUT2D eigenvalue weighted by Gasteiger charge is 2.26. The molecule has 0 bridgehead atoms. The van der Waals surface area contributed by atoms with E-state index < -0.39 is 0 Å². The molecule has 5 nitrogen and oxygen atoms in total. The standard InChI is InChI=1S/C29H25Cl2FN4O/c1-19-24(16-20-6-3-2-4-7-20)28(34-27(33-19)21-8-5-9-23(32)17-21)35-12-14-36(15-13-35)29(37)22-10-11-25(30)26(31)18-22/h2-11,17-18H,12-16H2,1H3. The average molecular weight is 535 g/mol. The molecule has 5 rings (SSSR count). The number of nitrogens with zero attached hydrogens (tertiary/aromatic N) is 4. The lowest BCUT2D eigenvalue weighted by Crippen LogP contribution is -2.49. The fourth-order valence-electron chi connectivity index (χ4n) is 4.54. The summed E-state index contributed by atoms with van der Waals surface area (Å²) < 4.78 is 14.0. The van der Waals surface area contributed by atoms with Gasteiger partial charge < -0.3 is 9.80 Å². The first-order valence-electron chi connectivity index (χ1n) is 12.1. The van der Waals surface area contributed by atoms with Crippen molar-refractivity contribution in [3.05, 3.63) is 111 Å². The third kappa shape index (κ3) is 5.60. The fraction of sp³-hybridized carbons (Fsp3) is 0.207. The van der Waals surface area contributed by atoms with Crippen molar-refractivity contribution < 1.29 is 9.18 Å². The summed E-state index contributed by atoms with van der Waals surface area (Å²) in [5.41, 5.74) is 4.17. The number of anilines is 1. The van der Waals surface area contributed by atoms with Gasteiger partial charge in [-0.3, -0.25) is 4.79 Å². The molecular weight excluding hydrogens is 510 g/mol. The van der Waals surface area contributed by atoms with Crippen LogP contribution in [0.3, 0.4) is 0 Å². The lowest BCUT2D eigenvalue weighted by Gasteiger charge is -2.36. The predicted molar refractivity (Wildman–Crippen MR) is 146 cm³/mol. The van der Waals surface area contributed by atoms with Crippen molar-refractivity contribution in [3.8, 4) is 11.4 Å². The number of halogens is 3. The molecule has 4 aromatic rings. The molecule has 8 heteroatoms. The molecule has 0 saturated carbocycles. The summed E-state index contributed by atoms with van der Waals surface area (Å²) in [6, 6.07) is 21.4. The molecule has 2 heterocycles. The molecule has 3 aromatic carbocycles. The highest BCUT2D eigenvalue weighted by Crippen LogP contribution is 2.29. The molecule has 188 valence electrons. The molecule has 1 amide bonds. The topological polar surface area (TPSA) is 49.3 Å². The Balaban J connectivity index is 1.44. The first-order valence-corrected chi connectivity index (χ1v) is 12.8. The Hall–Kier alpha value is -3.48. The Kier molecular flexibility index (Phi) is 7.40. The summed E-state index contributed by atoms with van der Waals surface area (Å²) in [5, 5.41) is 0.778. The second kappa shape index (κ2) is 10.9. The van der Waals surface area contributed by atoms with Gasteiger partial charge >= 0.3 is 0 Å². The first-order chi connectivity index (χ1) is 17.9. The van der Waals surface area contributed by atoms with Crippen molar-refractivity contribution in [2.45, 2.75) is 13.3 Å². The van der Waals surface area contributed by atoms with E-state index in [-0.39, 0.29) is 11.7 Å². The summed E-state index contributed by atoms with van der Waals surface area (Å²) in [5.74, 6) is 0.889. The monoisotopic (exact) mass is 534 g/mol. The second-order valence-electron chi connectivity index (χ2n) is 9.02. The van der Waals surface area contributed by atoms with Gasteiger partial charge in [0.15, 0.2) is 5.82 Å². The van der Waals surface area contributed by atoms with Crippen LogP contribution in [0.25, 0.3) is 11.4 Å². The van der Waals surface area contributed by atoms with Crippen LogP contribution in [-0.4, -0.2) is 47.0 Å². The SMILES string of the molecule is Cc1nc(-c2cccc(F)c2)nc(N2CCN(C(=O)c3ccc(Cl)c(Cl)c3)CC2)c1Cc1ccccc1. The molecule has 0 atom stereocenters. The number of carbonyl (C=O) groups excluding carboxylic acids is 1. The minimum Gasteiger partial charge on any atom is -0.353 e. The van der Waals surface area contributed by atoms with Gasteiger partial charge in [-0.15, -0.1) is 0 Å². The predicted octanol–water partition coefficient (Wildman–Crippen LogP) is 6.45. The number of hydrogen-bond acceptors (Lipinski definition) is 4. The van der Waals surface area contributed by atoms with Gasteiger partial charge in [0, 0.05) is 55.0 Å². The van der Waals surface area contributed by atoms with E-state index in [1.54, 1.807) is 24.3 Å². The third-order valence-electron chi connectivity index (χ3n) is 6.53. The number of piperazine rings is 1. The van der Waals surface area contributed by atoms with Gasteiger partial charge in [0.25, 0.3) is 5.91 Å². The van der Waals surface area contributed by atoms with Gasteiger partial charge in [-0.1, -0.05) is 65.7 Å². The van der Waals surface area contributed by atoms with Crippen LogP contribution in [0, 0.1) is 12.7 Å². The Morgan fingerprint density at radius 1 is 0.892 bits per heavy atom. The molecule has 1 aliphatic heterocycles. The lowest BCUT2D eigenvalue weighted by atomic mass is 10.0. The van der Waals surface area contributed by atoms with Gasteiger partial charge in [0.05, 0.1) is 10.0 Å². The Labute approximate surface area is 225 Å². The maximum absolute atomic E-state index is 14.0. The minimum atomic E-state index is -0.330. The average Bonchev–Trinajstić information content (AvgIpc) is 2.91. The van der Waals surface area contributed by atoms with Crippen molar-refractivity contribution in [1.82, 2.24) is 14.9 Å². The van der Waals surface area contributed by atoms with E-state index in [1.807, 2.05) is 36.1 Å². The number of amides is 1. The number of aromatic nitrogens is 2. The molecule has 1 fully saturated rings. The maximum atomic E-state index is 14.0. The van der Waals surface area contributed by atoms with E-state index in [4.69, 9.17) is 33.2 Å². The second-order valence-corrected chi connectivity index (χ2v) is 9.83. The quantitative estimate of drug-likeness (QED) is 0.295. The van der Waals surface area contributed by atoms with E-state index in [0.29, 0.717) is 59.6 Å². The number of hydrogen-bond donors (Lipinski definition) is 0. The summed E-state index contributed by atoms with van der Waals surface area (Å²) >= 11 is 12.1. The van der Waals surface area contributed by atoms with Crippen LogP contribution in [0.15, 0.2) is 72.8 Å². The highest BCUT2D eigenvalue weighted by molar-refractivity contribution is 6.42. The first kappa shape index (κ1) is 25.2. The highest BCUT2D eigenvalue weighted by atomic mass is 35.5. The molecule has 1 aromatic heterocycles. The van der Waals surface area contributed by atoms with E-state index in [2.05, 4.69) is 17.0 Å². The van der Waals surface area contributed by atoms with Gasteiger partial charge in [-0.2, -0.15) is 0 Å². The van der Waals surface area contributed by atoms with Gasteiger partial charge in [0.1, 0.15) is 11.6 Å². The van der Waals surface area contributed by atoms with Crippen LogP contribution in [-0.2, 0) is 6.42 Å². The molecule has 37 heavy (non-hydrogen) atoms. The van der Waals surface area contributed by atoms with Crippen molar-refractivity contribution >= 4 is 34.9 Å². The smallest absolute Gasteiger partial charge is 0.254 e. The van der Waals surface area contributed by atoms with E-state index in [0.717, 1.165) is 22.6 Å². The molecular formula is C29H25Cl2FN4O. The van der Waals surface area contributed by atoms with Gasteiger partial charge in [0.2, 0.25) is 0 Å². The van der Waals surface area contributed by atoms with Crippen LogP contribution in [0.5, 0.6) is 0 Å². The summed E-state index contributed by atoms with van der Waals surface area (Å²) in [4.78, 5) is 26.8. The Morgan fingerprint density at radius 2 is 1.65 bits per heavy atom.